The van der Waals surface area contributed by atoms with Gasteiger partial charge >= 0.3 is 0 Å². The van der Waals surface area contributed by atoms with Crippen LogP contribution in [0, 0.1) is 6.92 Å². The number of rotatable bonds is 1. The first-order valence-electron chi connectivity index (χ1n) is 8.76. The maximum atomic E-state index is 13.4. The molecule has 0 radical (unpaired) electrons. The number of hydrogen-bond donors (Lipinski definition) is 0. The molecule has 1 saturated carbocycles. The number of benzene rings is 1. The van der Waals surface area contributed by atoms with E-state index in [-0.39, 0.29) is 11.4 Å². The van der Waals surface area contributed by atoms with Crippen LogP contribution in [0.25, 0.3) is 6.08 Å². The van der Waals surface area contributed by atoms with E-state index in [0.717, 1.165) is 56.3 Å². The van der Waals surface area contributed by atoms with E-state index in [1.165, 1.54) is 5.56 Å². The first-order chi connectivity index (χ1) is 11.2. The molecule has 3 fully saturated rings. The normalized spacial score (nSPS) is 35.7. The first-order valence-corrected chi connectivity index (χ1v) is 8.76. The number of carbonyl (C=O) groups excluding carboxylic acids is 1. The average Bonchev–Trinajstić information content (AvgIpc) is 3.22. The molecule has 1 aromatic rings. The summed E-state index contributed by atoms with van der Waals surface area (Å²) in [5.74, 6) is 0.173. The van der Waals surface area contributed by atoms with E-state index in [2.05, 4.69) is 25.1 Å². The molecule has 23 heavy (non-hydrogen) atoms. The van der Waals surface area contributed by atoms with Gasteiger partial charge in [-0.1, -0.05) is 24.3 Å². The van der Waals surface area contributed by atoms with Gasteiger partial charge < -0.3 is 9.47 Å². The maximum Gasteiger partial charge on any atom is 0.193 e. The number of aryl methyl sites for hydroxylation is 1. The van der Waals surface area contributed by atoms with Gasteiger partial charge in [-0.25, -0.2) is 0 Å². The molecule has 0 unspecified atom stereocenters. The lowest BCUT2D eigenvalue weighted by molar-refractivity contribution is -0.186. The van der Waals surface area contributed by atoms with Gasteiger partial charge in [0.05, 0.1) is 0 Å². The van der Waals surface area contributed by atoms with Gasteiger partial charge in [-0.3, -0.25) is 4.79 Å². The van der Waals surface area contributed by atoms with Crippen LogP contribution in [0.1, 0.15) is 49.7 Å². The molecule has 1 aromatic carbocycles. The Kier molecular flexibility index (Phi) is 3.66. The molecule has 3 heteroatoms. The van der Waals surface area contributed by atoms with Crippen molar-refractivity contribution in [1.29, 1.82) is 0 Å². The molecule has 2 spiro atoms. The van der Waals surface area contributed by atoms with Gasteiger partial charge in [0.25, 0.3) is 0 Å². The van der Waals surface area contributed by atoms with Crippen LogP contribution in [-0.4, -0.2) is 30.2 Å². The first kappa shape index (κ1) is 15.1. The van der Waals surface area contributed by atoms with Crippen LogP contribution in [0.2, 0.25) is 0 Å². The second kappa shape index (κ2) is 5.57. The van der Waals surface area contributed by atoms with Gasteiger partial charge in [0.1, 0.15) is 5.60 Å². The van der Waals surface area contributed by atoms with Crippen molar-refractivity contribution < 1.29 is 14.3 Å². The summed E-state index contributed by atoms with van der Waals surface area (Å²) in [5.41, 5.74) is 2.14. The minimum Gasteiger partial charge on any atom is -0.371 e. The van der Waals surface area contributed by atoms with E-state index in [1.54, 1.807) is 0 Å². The van der Waals surface area contributed by atoms with Gasteiger partial charge in [0, 0.05) is 13.2 Å². The highest BCUT2D eigenvalue weighted by molar-refractivity contribution is 6.07. The summed E-state index contributed by atoms with van der Waals surface area (Å²) in [4.78, 5) is 13.4. The van der Waals surface area contributed by atoms with Crippen molar-refractivity contribution in [2.75, 3.05) is 13.2 Å². The van der Waals surface area contributed by atoms with Gasteiger partial charge in [-0.05, 0) is 68.2 Å². The van der Waals surface area contributed by atoms with Crippen LogP contribution in [0.4, 0.5) is 0 Å². The lowest BCUT2D eigenvalue weighted by atomic mass is 9.66. The third-order valence-electron chi connectivity index (χ3n) is 5.84. The molecule has 0 amide bonds. The quantitative estimate of drug-likeness (QED) is 0.739. The second-order valence-electron chi connectivity index (χ2n) is 7.08. The highest BCUT2D eigenvalue weighted by Crippen LogP contribution is 2.52. The zero-order valence-electron chi connectivity index (χ0n) is 13.8. The van der Waals surface area contributed by atoms with E-state index in [9.17, 15) is 4.79 Å². The molecular formula is C20H24O3. The van der Waals surface area contributed by atoms with Crippen LogP contribution in [-0.2, 0) is 14.3 Å². The number of carbonyl (C=O) groups is 1. The van der Waals surface area contributed by atoms with E-state index >= 15 is 0 Å². The Morgan fingerprint density at radius 2 is 1.83 bits per heavy atom. The molecule has 0 aromatic heterocycles. The Bertz CT molecular complexity index is 647. The molecule has 0 N–H and O–H groups in total. The lowest BCUT2D eigenvalue weighted by Crippen LogP contribution is -2.61. The molecule has 2 saturated heterocycles. The zero-order valence-corrected chi connectivity index (χ0v) is 13.8. The Balaban J connectivity index is 1.73. The van der Waals surface area contributed by atoms with E-state index in [1.807, 2.05) is 12.1 Å². The fourth-order valence-corrected chi connectivity index (χ4v) is 4.58. The molecule has 122 valence electrons. The number of ether oxygens (including phenoxy) is 2. The minimum absolute atomic E-state index is 0.173. The largest absolute Gasteiger partial charge is 0.371 e. The average molecular weight is 312 g/mol. The van der Waals surface area contributed by atoms with Crippen LogP contribution in [0.15, 0.2) is 29.8 Å². The molecular weight excluding hydrogens is 288 g/mol. The summed E-state index contributed by atoms with van der Waals surface area (Å²) >= 11 is 0. The van der Waals surface area contributed by atoms with Crippen molar-refractivity contribution in [3.63, 3.8) is 0 Å². The van der Waals surface area contributed by atoms with Crippen molar-refractivity contribution in [3.8, 4) is 0 Å². The van der Waals surface area contributed by atoms with Crippen molar-refractivity contribution in [2.24, 2.45) is 0 Å². The van der Waals surface area contributed by atoms with Crippen LogP contribution >= 0.6 is 0 Å². The number of ketones is 1. The zero-order chi connectivity index (χ0) is 15.9. The molecule has 1 aliphatic carbocycles. The van der Waals surface area contributed by atoms with Crippen molar-refractivity contribution in [3.05, 3.63) is 41.0 Å². The summed E-state index contributed by atoms with van der Waals surface area (Å²) in [7, 11) is 0. The number of Topliss-reactive ketones (excluding diaryl/α,β-unsaturated/α-hetero) is 1. The fraction of sp³-hybridized carbons (Fsp3) is 0.550. The molecule has 4 rings (SSSR count). The number of fused-ring (bicyclic) bond motifs is 1. The molecule has 3 aliphatic rings. The molecule has 3 nitrogen and oxygen atoms in total. The SMILES string of the molecule is Cc1ccccc1/C=C1\CC[C@@]2(CCCO2)[C@@]2(CCCO2)C1=O. The summed E-state index contributed by atoms with van der Waals surface area (Å²) in [6.45, 7) is 3.52. The Labute approximate surface area is 137 Å². The summed E-state index contributed by atoms with van der Waals surface area (Å²) < 4.78 is 12.3. The Morgan fingerprint density at radius 1 is 1.04 bits per heavy atom. The maximum absolute atomic E-state index is 13.4. The van der Waals surface area contributed by atoms with E-state index in [4.69, 9.17) is 9.47 Å². The predicted molar refractivity (Wildman–Crippen MR) is 89.2 cm³/mol. The summed E-state index contributed by atoms with van der Waals surface area (Å²) in [5, 5.41) is 0. The Morgan fingerprint density at radius 3 is 2.52 bits per heavy atom. The fourth-order valence-electron chi connectivity index (χ4n) is 4.58. The number of hydrogen-bond acceptors (Lipinski definition) is 3. The van der Waals surface area contributed by atoms with E-state index < -0.39 is 5.60 Å². The predicted octanol–water partition coefficient (Wildman–Crippen LogP) is 3.84. The summed E-state index contributed by atoms with van der Waals surface area (Å²) in [6.07, 6.45) is 7.51. The summed E-state index contributed by atoms with van der Waals surface area (Å²) in [6, 6.07) is 8.22. The van der Waals surface area contributed by atoms with Gasteiger partial charge in [0.15, 0.2) is 11.4 Å². The van der Waals surface area contributed by atoms with Crippen molar-refractivity contribution in [2.45, 2.75) is 56.7 Å². The van der Waals surface area contributed by atoms with Crippen molar-refractivity contribution in [1.82, 2.24) is 0 Å². The van der Waals surface area contributed by atoms with Crippen LogP contribution in [0.3, 0.4) is 0 Å². The highest BCUT2D eigenvalue weighted by atomic mass is 16.6. The Hall–Kier alpha value is -1.45. The third kappa shape index (κ3) is 2.21. The van der Waals surface area contributed by atoms with Gasteiger partial charge in [-0.2, -0.15) is 0 Å². The molecule has 2 aliphatic heterocycles. The van der Waals surface area contributed by atoms with Gasteiger partial charge in [-0.15, -0.1) is 0 Å². The molecule has 2 atom stereocenters. The van der Waals surface area contributed by atoms with Crippen LogP contribution < -0.4 is 0 Å². The lowest BCUT2D eigenvalue weighted by Gasteiger charge is -2.47. The monoisotopic (exact) mass is 312 g/mol. The highest BCUT2D eigenvalue weighted by Gasteiger charge is 2.63. The van der Waals surface area contributed by atoms with Crippen molar-refractivity contribution >= 4 is 11.9 Å². The second-order valence-corrected chi connectivity index (χ2v) is 7.08. The third-order valence-corrected chi connectivity index (χ3v) is 5.84. The smallest absolute Gasteiger partial charge is 0.193 e. The standard InChI is InChI=1S/C20H24O3/c1-15-6-2-3-7-16(15)14-17-8-11-19(9-4-12-22-19)20(18(17)21)10-5-13-23-20/h2-3,6-7,14H,4-5,8-13H2,1H3/b17-14+/t19-,20+/m0/s1. The van der Waals surface area contributed by atoms with E-state index in [0.29, 0.717) is 6.61 Å². The van der Waals surface area contributed by atoms with Gasteiger partial charge in [0.2, 0.25) is 0 Å². The molecule has 0 bridgehead atoms. The molecule has 2 heterocycles. The minimum atomic E-state index is -0.726. The van der Waals surface area contributed by atoms with Crippen LogP contribution in [0.5, 0.6) is 0 Å². The topological polar surface area (TPSA) is 35.5 Å².